The van der Waals surface area contributed by atoms with E-state index >= 15 is 0 Å². The number of thioether (sulfide) groups is 1. The number of benzene rings is 3. The van der Waals surface area contributed by atoms with E-state index in [1.54, 1.807) is 42.5 Å². The first-order valence-corrected chi connectivity index (χ1v) is 14.7. The van der Waals surface area contributed by atoms with Crippen molar-refractivity contribution in [2.24, 2.45) is 0 Å². The molecule has 1 fully saturated rings. The topological polar surface area (TPSA) is 82.1 Å². The number of ether oxygens (including phenoxy) is 3. The molecule has 1 heterocycles. The fourth-order valence-electron chi connectivity index (χ4n) is 3.99. The van der Waals surface area contributed by atoms with Crippen LogP contribution in [0.15, 0.2) is 59.5 Å². The third-order valence-electron chi connectivity index (χ3n) is 6.06. The molecule has 1 saturated heterocycles. The van der Waals surface area contributed by atoms with Gasteiger partial charge >= 0.3 is 5.97 Å². The molecule has 0 spiro atoms. The minimum atomic E-state index is -0.560. The van der Waals surface area contributed by atoms with Gasteiger partial charge in [-0.25, -0.2) is 4.79 Å². The predicted molar refractivity (Wildman–Crippen MR) is 166 cm³/mol. The molecular formula is C30H27ClINO6S. The van der Waals surface area contributed by atoms with Crippen molar-refractivity contribution < 1.29 is 28.6 Å². The summed E-state index contributed by atoms with van der Waals surface area (Å²) in [5, 5.41) is 0.153. The molecule has 1 aliphatic rings. The molecule has 0 atom stereocenters. The van der Waals surface area contributed by atoms with Crippen LogP contribution >= 0.6 is 46.0 Å². The fourth-order valence-corrected chi connectivity index (χ4v) is 5.72. The largest absolute Gasteiger partial charge is 0.493 e. The fraction of sp³-hybridized carbons (Fsp3) is 0.233. The zero-order valence-corrected chi connectivity index (χ0v) is 26.1. The van der Waals surface area contributed by atoms with E-state index in [0.717, 1.165) is 28.6 Å². The first-order chi connectivity index (χ1) is 19.1. The zero-order valence-electron chi connectivity index (χ0n) is 22.3. The minimum absolute atomic E-state index is 0.133. The first-order valence-electron chi connectivity index (χ1n) is 12.4. The Balaban J connectivity index is 1.47. The number of halogens is 2. The third kappa shape index (κ3) is 7.00. The van der Waals surface area contributed by atoms with Crippen LogP contribution in [0, 0.1) is 10.5 Å². The molecular weight excluding hydrogens is 665 g/mol. The van der Waals surface area contributed by atoms with E-state index in [1.165, 1.54) is 12.0 Å². The van der Waals surface area contributed by atoms with Crippen LogP contribution in [-0.2, 0) is 4.79 Å². The molecule has 3 aromatic carbocycles. The van der Waals surface area contributed by atoms with Crippen LogP contribution in [0.2, 0.25) is 5.02 Å². The minimum Gasteiger partial charge on any atom is -0.493 e. The van der Waals surface area contributed by atoms with Gasteiger partial charge in [0, 0.05) is 5.02 Å². The van der Waals surface area contributed by atoms with Crippen LogP contribution in [0.3, 0.4) is 0 Å². The van der Waals surface area contributed by atoms with Crippen molar-refractivity contribution in [2.45, 2.75) is 26.7 Å². The van der Waals surface area contributed by atoms with Gasteiger partial charge in [0.15, 0.2) is 11.5 Å². The average Bonchev–Trinajstić information content (AvgIpc) is 3.17. The second-order valence-corrected chi connectivity index (χ2v) is 11.9. The van der Waals surface area contributed by atoms with Crippen molar-refractivity contribution >= 4 is 69.1 Å². The number of rotatable bonds is 9. The Bertz CT molecular complexity index is 1490. The summed E-state index contributed by atoms with van der Waals surface area (Å²) in [5.41, 5.74) is 3.11. The molecule has 0 bridgehead atoms. The number of esters is 1. The molecule has 0 N–H and O–H groups in total. The van der Waals surface area contributed by atoms with Crippen LogP contribution < -0.4 is 14.2 Å². The lowest BCUT2D eigenvalue weighted by Gasteiger charge is -2.17. The van der Waals surface area contributed by atoms with Gasteiger partial charge in [0.1, 0.15) is 12.4 Å². The highest BCUT2D eigenvalue weighted by atomic mass is 127. The molecule has 0 radical (unpaired) electrons. The van der Waals surface area contributed by atoms with E-state index in [-0.39, 0.29) is 40.9 Å². The number of nitrogens with zero attached hydrogens (tertiary/aromatic N) is 1. The van der Waals surface area contributed by atoms with Crippen LogP contribution in [-0.4, -0.2) is 42.3 Å². The highest BCUT2D eigenvalue weighted by Crippen LogP contribution is 2.38. The van der Waals surface area contributed by atoms with Crippen LogP contribution in [0.4, 0.5) is 4.79 Å². The van der Waals surface area contributed by atoms with Gasteiger partial charge in [0.2, 0.25) is 0 Å². The second kappa shape index (κ2) is 13.1. The summed E-state index contributed by atoms with van der Waals surface area (Å²) < 4.78 is 17.6. The smallest absolute Gasteiger partial charge is 0.343 e. The van der Waals surface area contributed by atoms with Gasteiger partial charge in [0.05, 0.1) is 27.7 Å². The first kappa shape index (κ1) is 30.0. The number of imide groups is 1. The van der Waals surface area contributed by atoms with Crippen molar-refractivity contribution in [3.63, 3.8) is 0 Å². The van der Waals surface area contributed by atoms with E-state index in [4.69, 9.17) is 25.8 Å². The molecule has 0 aliphatic carbocycles. The molecule has 10 heteroatoms. The van der Waals surface area contributed by atoms with Gasteiger partial charge in [-0.3, -0.25) is 14.5 Å². The number of hydrogen-bond acceptors (Lipinski definition) is 7. The molecule has 0 aromatic heterocycles. The Hall–Kier alpha value is -3.02. The van der Waals surface area contributed by atoms with Gasteiger partial charge in [-0.05, 0) is 112 Å². The van der Waals surface area contributed by atoms with Gasteiger partial charge < -0.3 is 14.2 Å². The quantitative estimate of drug-likeness (QED) is 0.0984. The lowest BCUT2D eigenvalue weighted by Crippen LogP contribution is -2.32. The number of aryl methyl sites for hydroxylation is 1. The van der Waals surface area contributed by atoms with E-state index in [9.17, 15) is 14.4 Å². The van der Waals surface area contributed by atoms with Gasteiger partial charge in [-0.15, -0.1) is 0 Å². The van der Waals surface area contributed by atoms with Crippen LogP contribution in [0.5, 0.6) is 17.2 Å². The van der Waals surface area contributed by atoms with Gasteiger partial charge in [-0.2, -0.15) is 0 Å². The number of amides is 2. The van der Waals surface area contributed by atoms with E-state index in [2.05, 4.69) is 13.8 Å². The SMILES string of the molecule is COc1cc(/C=C2\SC(=O)N(CCOc3cc(C)ccc3C(C)C)C2=O)cc(I)c1OC(=O)c1ccc(Cl)cc1. The predicted octanol–water partition coefficient (Wildman–Crippen LogP) is 7.72. The molecule has 40 heavy (non-hydrogen) atoms. The lowest BCUT2D eigenvalue weighted by atomic mass is 10.0. The van der Waals surface area contributed by atoms with Crippen molar-refractivity contribution in [1.29, 1.82) is 0 Å². The normalized spacial score (nSPS) is 14.3. The summed E-state index contributed by atoms with van der Waals surface area (Å²) >= 11 is 8.80. The summed E-state index contributed by atoms with van der Waals surface area (Å²) in [7, 11) is 1.46. The van der Waals surface area contributed by atoms with Crippen molar-refractivity contribution in [3.8, 4) is 17.2 Å². The molecule has 208 valence electrons. The summed E-state index contributed by atoms with van der Waals surface area (Å²) in [4.78, 5) is 39.8. The van der Waals surface area contributed by atoms with Gasteiger partial charge in [-0.1, -0.05) is 37.6 Å². The van der Waals surface area contributed by atoms with E-state index < -0.39 is 5.97 Å². The molecule has 1 aliphatic heterocycles. The van der Waals surface area contributed by atoms with Crippen molar-refractivity contribution in [3.05, 3.63) is 90.3 Å². The summed E-state index contributed by atoms with van der Waals surface area (Å²) in [5.74, 6) is 0.655. The Morgan fingerprint density at radius 1 is 1.07 bits per heavy atom. The molecule has 7 nitrogen and oxygen atoms in total. The molecule has 4 rings (SSSR count). The maximum Gasteiger partial charge on any atom is 0.343 e. The molecule has 0 saturated carbocycles. The molecule has 2 amide bonds. The number of carbonyl (C=O) groups excluding carboxylic acids is 3. The number of hydrogen-bond donors (Lipinski definition) is 0. The van der Waals surface area contributed by atoms with Crippen molar-refractivity contribution in [1.82, 2.24) is 4.90 Å². The average molecular weight is 692 g/mol. The Morgan fingerprint density at radius 2 is 1.80 bits per heavy atom. The maximum atomic E-state index is 13.1. The second-order valence-electron chi connectivity index (χ2n) is 9.31. The Labute approximate surface area is 256 Å². The Kier molecular flexibility index (Phi) is 9.81. The van der Waals surface area contributed by atoms with Crippen LogP contribution in [0.1, 0.15) is 46.8 Å². The summed E-state index contributed by atoms with van der Waals surface area (Å²) in [6.45, 7) is 6.49. The monoisotopic (exact) mass is 691 g/mol. The standard InChI is InChI=1S/C30H27ClINO6S/c1-17(2)22-10-5-18(3)13-24(22)38-12-11-33-28(34)26(40-30(33)36)16-19-14-23(32)27(25(15-19)37-4)39-29(35)20-6-8-21(31)9-7-20/h5-10,13-17H,11-12H2,1-4H3/b26-16-. The zero-order chi connectivity index (χ0) is 29.0. The summed E-state index contributed by atoms with van der Waals surface area (Å²) in [6, 6.07) is 15.8. The lowest BCUT2D eigenvalue weighted by molar-refractivity contribution is -0.123. The maximum absolute atomic E-state index is 13.1. The Morgan fingerprint density at radius 3 is 2.48 bits per heavy atom. The van der Waals surface area contributed by atoms with Crippen LogP contribution in [0.25, 0.3) is 6.08 Å². The molecule has 0 unspecified atom stereocenters. The number of carbonyl (C=O) groups is 3. The van der Waals surface area contributed by atoms with E-state index in [0.29, 0.717) is 25.5 Å². The highest BCUT2D eigenvalue weighted by Gasteiger charge is 2.35. The highest BCUT2D eigenvalue weighted by molar-refractivity contribution is 14.1. The van der Waals surface area contributed by atoms with E-state index in [1.807, 2.05) is 47.7 Å². The molecule has 3 aromatic rings. The summed E-state index contributed by atoms with van der Waals surface area (Å²) in [6.07, 6.45) is 1.62. The third-order valence-corrected chi connectivity index (χ3v) is 8.02. The van der Waals surface area contributed by atoms with Crippen molar-refractivity contribution in [2.75, 3.05) is 20.3 Å². The van der Waals surface area contributed by atoms with Gasteiger partial charge in [0.25, 0.3) is 11.1 Å². The number of methoxy groups -OCH3 is 1.